The highest BCUT2D eigenvalue weighted by Gasteiger charge is 2.26. The van der Waals surface area contributed by atoms with Crippen molar-refractivity contribution in [3.8, 4) is 0 Å². The number of ether oxygens (including phenoxy) is 2. The third kappa shape index (κ3) is 24.6. The lowest BCUT2D eigenvalue weighted by molar-refractivity contribution is -0.867. The Morgan fingerprint density at radius 3 is 1.95 bits per heavy atom. The zero-order chi connectivity index (χ0) is 28.9. The number of hydrogen-bond acceptors (Lipinski definition) is 5. The van der Waals surface area contributed by atoms with Gasteiger partial charge in [0.25, 0.3) is 0 Å². The highest BCUT2D eigenvalue weighted by Crippen LogP contribution is 2.42. The molecule has 0 aliphatic heterocycles. The molecule has 0 aliphatic rings. The van der Waals surface area contributed by atoms with Crippen molar-refractivity contribution in [1.82, 2.24) is 0 Å². The van der Waals surface area contributed by atoms with Gasteiger partial charge in [-0.1, -0.05) is 98.3 Å². The fourth-order valence-electron chi connectivity index (χ4n) is 4.51. The summed E-state index contributed by atoms with van der Waals surface area (Å²) in [5.41, 5.74) is 0. The molecule has 0 saturated carbocycles. The van der Waals surface area contributed by atoms with Gasteiger partial charge in [0, 0.05) is 13.0 Å². The predicted octanol–water partition coefficient (Wildman–Crippen LogP) is 7.60. The summed E-state index contributed by atoms with van der Waals surface area (Å²) in [5, 5.41) is 0. The van der Waals surface area contributed by atoms with Crippen molar-refractivity contribution < 1.29 is 32.7 Å². The van der Waals surface area contributed by atoms with Gasteiger partial charge >= 0.3 is 13.6 Å². The number of esters is 1. The van der Waals surface area contributed by atoms with E-state index in [0.717, 1.165) is 6.42 Å². The maximum absolute atomic E-state index is 12.4. The van der Waals surface area contributed by atoms with Crippen LogP contribution in [-0.2, 0) is 23.4 Å². The Labute approximate surface area is 235 Å². The molecule has 0 aliphatic carbocycles. The minimum absolute atomic E-state index is 0.0565. The molecule has 228 valence electrons. The van der Waals surface area contributed by atoms with Gasteiger partial charge in [0.15, 0.2) is 0 Å². The number of carbonyl (C=O) groups excluding carboxylic acids is 1. The second-order valence-electron chi connectivity index (χ2n) is 12.5. The third-order valence-corrected chi connectivity index (χ3v) is 8.15. The van der Waals surface area contributed by atoms with E-state index < -0.39 is 13.7 Å². The summed E-state index contributed by atoms with van der Waals surface area (Å²) in [6, 6.07) is 0. The Morgan fingerprint density at radius 2 is 1.39 bits per heavy atom. The molecule has 8 heteroatoms. The van der Waals surface area contributed by atoms with Gasteiger partial charge in [-0.05, 0) is 24.7 Å². The second-order valence-corrected chi connectivity index (χ2v) is 14.5. The highest BCUT2D eigenvalue weighted by molar-refractivity contribution is 7.52. The topological polar surface area (TPSA) is 82.1 Å². The molecule has 0 fully saturated rings. The van der Waals surface area contributed by atoms with Crippen LogP contribution in [0.3, 0.4) is 0 Å². The quantitative estimate of drug-likeness (QED) is 0.0504. The number of nitrogens with zero attached hydrogens (tertiary/aromatic N) is 1. The van der Waals surface area contributed by atoms with Crippen molar-refractivity contribution in [2.24, 2.45) is 11.8 Å². The van der Waals surface area contributed by atoms with Gasteiger partial charge in [-0.2, -0.15) is 0 Å². The van der Waals surface area contributed by atoms with Gasteiger partial charge in [-0.15, -0.1) is 0 Å². The molecule has 0 aromatic heterocycles. The third-order valence-electron chi connectivity index (χ3n) is 6.83. The molecule has 38 heavy (non-hydrogen) atoms. The van der Waals surface area contributed by atoms with Gasteiger partial charge in [-0.3, -0.25) is 9.36 Å². The molecule has 7 nitrogen and oxygen atoms in total. The molecular formula is C30H63NO6P+. The fourth-order valence-corrected chi connectivity index (χ4v) is 5.89. The zero-order valence-corrected chi connectivity index (χ0v) is 26.9. The number of rotatable bonds is 26. The monoisotopic (exact) mass is 564 g/mol. The number of hydrogen-bond donors (Lipinski definition) is 1. The van der Waals surface area contributed by atoms with Gasteiger partial charge in [0.1, 0.15) is 6.10 Å². The Kier molecular flexibility index (Phi) is 22.0. The first-order chi connectivity index (χ1) is 17.9. The lowest BCUT2D eigenvalue weighted by Gasteiger charge is -2.25. The zero-order valence-electron chi connectivity index (χ0n) is 26.0. The van der Waals surface area contributed by atoms with Crippen molar-refractivity contribution in [2.75, 3.05) is 53.7 Å². The Balaban J connectivity index is 4.25. The SMILES string of the molecule is CCCCCCCCCCCCC(C)CC(C)COCC(COP(=O)(O)CC[N+](C)(C)C)OC(=O)CCC. The van der Waals surface area contributed by atoms with E-state index in [0.29, 0.717) is 42.3 Å². The maximum Gasteiger partial charge on any atom is 0.333 e. The molecule has 0 spiro atoms. The molecule has 4 atom stereocenters. The summed E-state index contributed by atoms with van der Waals surface area (Å²) in [4.78, 5) is 22.2. The first kappa shape index (κ1) is 37.5. The summed E-state index contributed by atoms with van der Waals surface area (Å²) in [7, 11) is 2.12. The van der Waals surface area contributed by atoms with Gasteiger partial charge < -0.3 is 23.4 Å². The van der Waals surface area contributed by atoms with E-state index in [1.54, 1.807) is 0 Å². The summed E-state index contributed by atoms with van der Waals surface area (Å²) >= 11 is 0. The van der Waals surface area contributed by atoms with Crippen molar-refractivity contribution in [1.29, 1.82) is 0 Å². The largest absolute Gasteiger partial charge is 0.457 e. The smallest absolute Gasteiger partial charge is 0.333 e. The molecule has 0 aromatic rings. The van der Waals surface area contributed by atoms with Crippen molar-refractivity contribution in [3.63, 3.8) is 0 Å². The van der Waals surface area contributed by atoms with Crippen LogP contribution in [0.5, 0.6) is 0 Å². The summed E-state index contributed by atoms with van der Waals surface area (Å²) in [6.45, 7) is 9.81. The van der Waals surface area contributed by atoms with Crippen molar-refractivity contribution in [3.05, 3.63) is 0 Å². The molecule has 0 heterocycles. The standard InChI is InChI=1S/C30H62NO6P/c1-8-10-11-12-13-14-15-16-17-18-20-27(3)23-28(4)24-35-25-29(37-30(32)19-9-2)26-36-38(33,34)22-21-31(5,6)7/h27-29H,8-26H2,1-7H3/p+1. The highest BCUT2D eigenvalue weighted by atomic mass is 31.2. The number of carbonyl (C=O) groups is 1. The molecule has 0 amide bonds. The van der Waals surface area contributed by atoms with E-state index in [9.17, 15) is 14.3 Å². The molecule has 0 rings (SSSR count). The van der Waals surface area contributed by atoms with Gasteiger partial charge in [-0.25, -0.2) is 0 Å². The van der Waals surface area contributed by atoms with Gasteiger partial charge in [0.05, 0.1) is 47.1 Å². The van der Waals surface area contributed by atoms with Crippen LogP contribution >= 0.6 is 7.60 Å². The normalized spacial score (nSPS) is 16.1. The van der Waals surface area contributed by atoms with Crippen LogP contribution in [0.4, 0.5) is 0 Å². The van der Waals surface area contributed by atoms with E-state index in [4.69, 9.17) is 14.0 Å². The molecule has 4 unspecified atom stereocenters. The van der Waals surface area contributed by atoms with E-state index in [2.05, 4.69) is 20.8 Å². The van der Waals surface area contributed by atoms with E-state index in [1.165, 1.54) is 70.6 Å². The van der Waals surface area contributed by atoms with Crippen LogP contribution in [0.2, 0.25) is 0 Å². The molecular weight excluding hydrogens is 501 g/mol. The molecule has 0 bridgehead atoms. The van der Waals surface area contributed by atoms with Crippen LogP contribution in [0.1, 0.15) is 118 Å². The summed E-state index contributed by atoms with van der Waals surface area (Å²) in [6.07, 6.45) is 16.4. The average Bonchev–Trinajstić information content (AvgIpc) is 2.82. The first-order valence-electron chi connectivity index (χ1n) is 15.4. The van der Waals surface area contributed by atoms with E-state index in [-0.39, 0.29) is 25.3 Å². The van der Waals surface area contributed by atoms with Gasteiger partial charge in [0.2, 0.25) is 0 Å². The van der Waals surface area contributed by atoms with Crippen molar-refractivity contribution >= 4 is 13.6 Å². The first-order valence-corrected chi connectivity index (χ1v) is 17.2. The number of quaternary nitrogens is 1. The predicted molar refractivity (Wildman–Crippen MR) is 159 cm³/mol. The lowest BCUT2D eigenvalue weighted by atomic mass is 9.93. The lowest BCUT2D eigenvalue weighted by Crippen LogP contribution is -2.37. The van der Waals surface area contributed by atoms with E-state index >= 15 is 0 Å². The van der Waals surface area contributed by atoms with Crippen LogP contribution in [0.15, 0.2) is 0 Å². The minimum atomic E-state index is -3.76. The minimum Gasteiger partial charge on any atom is -0.457 e. The molecule has 0 radical (unpaired) electrons. The Bertz CT molecular complexity index is 624. The summed E-state index contributed by atoms with van der Waals surface area (Å²) < 4.78 is 29.7. The Morgan fingerprint density at radius 1 is 0.816 bits per heavy atom. The van der Waals surface area contributed by atoms with Crippen LogP contribution in [0, 0.1) is 11.8 Å². The van der Waals surface area contributed by atoms with Crippen LogP contribution in [-0.4, -0.2) is 75.1 Å². The second kappa shape index (κ2) is 22.3. The van der Waals surface area contributed by atoms with Crippen molar-refractivity contribution in [2.45, 2.75) is 124 Å². The van der Waals surface area contributed by atoms with E-state index in [1.807, 2.05) is 28.1 Å². The maximum atomic E-state index is 12.4. The molecule has 1 N–H and O–H groups in total. The number of unbranched alkanes of at least 4 members (excludes halogenated alkanes) is 9. The fraction of sp³-hybridized carbons (Fsp3) is 0.967. The Hall–Kier alpha value is -0.460. The summed E-state index contributed by atoms with van der Waals surface area (Å²) in [5.74, 6) is 0.724. The van der Waals surface area contributed by atoms with Crippen LogP contribution in [0.25, 0.3) is 0 Å². The van der Waals surface area contributed by atoms with Crippen LogP contribution < -0.4 is 0 Å². The molecule has 0 aromatic carbocycles. The average molecular weight is 565 g/mol. The molecule has 0 saturated heterocycles.